The molecule has 3 atom stereocenters. The largest absolute Gasteiger partial charge is 0.497 e. The molecule has 1 aromatic rings. The standard InChI is InChI=1S/C20H28N2O3.C2HF3O2/c1-24-17-4-2-3-14(9-17)11-22-8-7-18-15(12-22)13-25-19(18)10-20(23)21-16-5-6-16;3-2(4,5)1(6)7/h2-4,9,15-16,18-19H,5-8,10-13H2,1H3,(H,21,23);(H,6,7)/t15-,18-,19-;/m1./s1. The van der Waals surface area contributed by atoms with Crippen LogP contribution in [0, 0.1) is 11.8 Å². The number of piperidine rings is 1. The van der Waals surface area contributed by atoms with Crippen molar-refractivity contribution in [1.29, 1.82) is 0 Å². The van der Waals surface area contributed by atoms with Crippen molar-refractivity contribution in [3.63, 3.8) is 0 Å². The van der Waals surface area contributed by atoms with Crippen molar-refractivity contribution in [2.24, 2.45) is 11.8 Å². The summed E-state index contributed by atoms with van der Waals surface area (Å²) in [5, 5.41) is 10.2. The molecule has 1 saturated carbocycles. The molecule has 0 radical (unpaired) electrons. The van der Waals surface area contributed by atoms with Gasteiger partial charge in [-0.25, -0.2) is 4.79 Å². The van der Waals surface area contributed by atoms with Gasteiger partial charge in [-0.1, -0.05) is 12.1 Å². The number of ether oxygens (including phenoxy) is 2. The third-order valence-electron chi connectivity index (χ3n) is 5.99. The van der Waals surface area contributed by atoms with Gasteiger partial charge in [0.1, 0.15) is 5.75 Å². The number of likely N-dealkylation sites (tertiary alicyclic amines) is 1. The Morgan fingerprint density at radius 1 is 1.28 bits per heavy atom. The molecule has 2 N–H and O–H groups in total. The van der Waals surface area contributed by atoms with Gasteiger partial charge in [0.2, 0.25) is 5.91 Å². The Balaban J connectivity index is 0.000000360. The van der Waals surface area contributed by atoms with E-state index in [1.165, 1.54) is 5.56 Å². The number of aliphatic carboxylic acids is 1. The molecule has 32 heavy (non-hydrogen) atoms. The first kappa shape index (κ1) is 24.3. The van der Waals surface area contributed by atoms with E-state index >= 15 is 0 Å². The van der Waals surface area contributed by atoms with E-state index in [0.29, 0.717) is 24.3 Å². The summed E-state index contributed by atoms with van der Waals surface area (Å²) in [7, 11) is 1.71. The van der Waals surface area contributed by atoms with Gasteiger partial charge in [-0.3, -0.25) is 9.69 Å². The van der Waals surface area contributed by atoms with Gasteiger partial charge in [-0.15, -0.1) is 0 Å². The summed E-state index contributed by atoms with van der Waals surface area (Å²) in [4.78, 5) is 23.5. The summed E-state index contributed by atoms with van der Waals surface area (Å²) in [6.07, 6.45) is -1.03. The fraction of sp³-hybridized carbons (Fsp3) is 0.636. The van der Waals surface area contributed by atoms with Crippen molar-refractivity contribution >= 4 is 11.9 Å². The van der Waals surface area contributed by atoms with Crippen LogP contribution >= 0.6 is 0 Å². The number of carboxylic acid groups (broad SMARTS) is 1. The van der Waals surface area contributed by atoms with Crippen LogP contribution in [0.3, 0.4) is 0 Å². The second kappa shape index (κ2) is 10.5. The second-order valence-corrected chi connectivity index (χ2v) is 8.52. The number of halogens is 3. The number of methoxy groups -OCH3 is 1. The number of carbonyl (C=O) groups excluding carboxylic acids is 1. The number of rotatable bonds is 6. The smallest absolute Gasteiger partial charge is 0.490 e. The minimum atomic E-state index is -5.08. The third kappa shape index (κ3) is 7.09. The first-order valence-corrected chi connectivity index (χ1v) is 10.7. The van der Waals surface area contributed by atoms with E-state index in [-0.39, 0.29) is 12.0 Å². The zero-order chi connectivity index (χ0) is 23.3. The minimum Gasteiger partial charge on any atom is -0.497 e. The topological polar surface area (TPSA) is 88.1 Å². The summed E-state index contributed by atoms with van der Waals surface area (Å²) in [5.41, 5.74) is 1.29. The van der Waals surface area contributed by atoms with Crippen molar-refractivity contribution in [2.45, 2.75) is 50.6 Å². The molecule has 1 amide bonds. The molecule has 7 nitrogen and oxygen atoms in total. The van der Waals surface area contributed by atoms with Crippen LogP contribution in [-0.2, 0) is 20.9 Å². The van der Waals surface area contributed by atoms with Gasteiger partial charge in [0.05, 0.1) is 26.2 Å². The molecular weight excluding hydrogens is 429 g/mol. The molecule has 0 unspecified atom stereocenters. The molecule has 2 heterocycles. The molecule has 0 bridgehead atoms. The van der Waals surface area contributed by atoms with Crippen LogP contribution in [0.2, 0.25) is 0 Å². The summed E-state index contributed by atoms with van der Waals surface area (Å²) >= 11 is 0. The van der Waals surface area contributed by atoms with Crippen LogP contribution in [0.1, 0.15) is 31.2 Å². The van der Waals surface area contributed by atoms with Gasteiger partial charge in [0.15, 0.2) is 0 Å². The SMILES string of the molecule is COc1cccc(CN2CC[C@@H]3[C@@H](CO[C@@H]3CC(=O)NC3CC3)C2)c1.O=C(O)C(F)(F)F. The molecule has 1 aliphatic carbocycles. The number of hydrogen-bond acceptors (Lipinski definition) is 5. The van der Waals surface area contributed by atoms with E-state index in [1.54, 1.807) is 7.11 Å². The number of amides is 1. The lowest BCUT2D eigenvalue weighted by Crippen LogP contribution is -2.42. The molecule has 3 aliphatic rings. The van der Waals surface area contributed by atoms with Crippen LogP contribution in [-0.4, -0.2) is 67.0 Å². The average molecular weight is 458 g/mol. The zero-order valence-electron chi connectivity index (χ0n) is 17.9. The number of alkyl halides is 3. The van der Waals surface area contributed by atoms with E-state index in [0.717, 1.165) is 51.3 Å². The Morgan fingerprint density at radius 3 is 2.62 bits per heavy atom. The van der Waals surface area contributed by atoms with Crippen molar-refractivity contribution in [1.82, 2.24) is 10.2 Å². The molecule has 0 aromatic heterocycles. The van der Waals surface area contributed by atoms with E-state index in [1.807, 2.05) is 12.1 Å². The highest BCUT2D eigenvalue weighted by Gasteiger charge is 2.42. The lowest BCUT2D eigenvalue weighted by atomic mass is 9.83. The number of nitrogens with zero attached hydrogens (tertiary/aromatic N) is 1. The molecule has 178 valence electrons. The number of fused-ring (bicyclic) bond motifs is 1. The predicted octanol–water partition coefficient (Wildman–Crippen LogP) is 2.83. The first-order chi connectivity index (χ1) is 15.2. The maximum absolute atomic E-state index is 12.1. The van der Waals surface area contributed by atoms with Crippen molar-refractivity contribution < 1.29 is 37.3 Å². The lowest BCUT2D eigenvalue weighted by molar-refractivity contribution is -0.192. The molecular formula is C22H29F3N2O5. The Bertz CT molecular complexity index is 800. The average Bonchev–Trinajstić information content (AvgIpc) is 3.46. The van der Waals surface area contributed by atoms with Crippen LogP contribution in [0.4, 0.5) is 13.2 Å². The van der Waals surface area contributed by atoms with Crippen LogP contribution in [0.5, 0.6) is 5.75 Å². The highest BCUT2D eigenvalue weighted by Crippen LogP contribution is 2.36. The molecule has 4 rings (SSSR count). The maximum Gasteiger partial charge on any atom is 0.490 e. The van der Waals surface area contributed by atoms with Gasteiger partial charge in [-0.2, -0.15) is 13.2 Å². The quantitative estimate of drug-likeness (QED) is 0.682. The molecule has 2 aliphatic heterocycles. The summed E-state index contributed by atoms with van der Waals surface area (Å²) in [6.45, 7) is 3.87. The monoisotopic (exact) mass is 458 g/mol. The Kier molecular flexibility index (Phi) is 8.00. The van der Waals surface area contributed by atoms with E-state index in [9.17, 15) is 18.0 Å². The number of nitrogens with one attached hydrogen (secondary N) is 1. The molecule has 3 fully saturated rings. The highest BCUT2D eigenvalue weighted by atomic mass is 19.4. The van der Waals surface area contributed by atoms with Crippen LogP contribution < -0.4 is 10.1 Å². The fourth-order valence-electron chi connectivity index (χ4n) is 4.24. The lowest BCUT2D eigenvalue weighted by Gasteiger charge is -2.35. The summed E-state index contributed by atoms with van der Waals surface area (Å²) in [6, 6.07) is 8.74. The van der Waals surface area contributed by atoms with E-state index in [2.05, 4.69) is 22.3 Å². The minimum absolute atomic E-state index is 0.114. The van der Waals surface area contributed by atoms with Gasteiger partial charge >= 0.3 is 12.1 Å². The number of carboxylic acids is 1. The second-order valence-electron chi connectivity index (χ2n) is 8.52. The van der Waals surface area contributed by atoms with Crippen LogP contribution in [0.15, 0.2) is 24.3 Å². The fourth-order valence-corrected chi connectivity index (χ4v) is 4.24. The first-order valence-electron chi connectivity index (χ1n) is 10.7. The van der Waals surface area contributed by atoms with E-state index < -0.39 is 12.1 Å². The number of benzene rings is 1. The van der Waals surface area contributed by atoms with Crippen molar-refractivity contribution in [3.05, 3.63) is 29.8 Å². The maximum atomic E-state index is 12.1. The van der Waals surface area contributed by atoms with E-state index in [4.69, 9.17) is 19.4 Å². The highest BCUT2D eigenvalue weighted by molar-refractivity contribution is 5.77. The zero-order valence-corrected chi connectivity index (χ0v) is 17.9. The van der Waals surface area contributed by atoms with Gasteiger partial charge in [0.25, 0.3) is 0 Å². The normalized spacial score (nSPS) is 25.3. The number of carbonyl (C=O) groups is 2. The number of hydrogen-bond donors (Lipinski definition) is 2. The van der Waals surface area contributed by atoms with Crippen molar-refractivity contribution in [2.75, 3.05) is 26.8 Å². The molecule has 10 heteroatoms. The van der Waals surface area contributed by atoms with Gasteiger partial charge in [0, 0.05) is 25.0 Å². The Morgan fingerprint density at radius 2 is 2.00 bits per heavy atom. The third-order valence-corrected chi connectivity index (χ3v) is 5.99. The Hall–Kier alpha value is -2.33. The summed E-state index contributed by atoms with van der Waals surface area (Å²) in [5.74, 6) is -0.581. The Labute approximate surface area is 184 Å². The summed E-state index contributed by atoms with van der Waals surface area (Å²) < 4.78 is 43.1. The van der Waals surface area contributed by atoms with Gasteiger partial charge < -0.3 is 19.9 Å². The van der Waals surface area contributed by atoms with Crippen molar-refractivity contribution in [3.8, 4) is 5.75 Å². The predicted molar refractivity (Wildman–Crippen MR) is 109 cm³/mol. The van der Waals surface area contributed by atoms with Crippen LogP contribution in [0.25, 0.3) is 0 Å². The molecule has 2 saturated heterocycles. The molecule has 0 spiro atoms. The molecule has 1 aromatic carbocycles. The van der Waals surface area contributed by atoms with Gasteiger partial charge in [-0.05, 0) is 49.4 Å².